The van der Waals surface area contributed by atoms with Gasteiger partial charge in [0.05, 0.1) is 5.69 Å². The van der Waals surface area contributed by atoms with Crippen LogP contribution in [0.2, 0.25) is 0 Å². The lowest BCUT2D eigenvalue weighted by Gasteiger charge is -2.21. The molecule has 1 aliphatic heterocycles. The number of aliphatic carboxylic acids is 1. The molecule has 0 aromatic heterocycles. The molecule has 0 saturated carbocycles. The van der Waals surface area contributed by atoms with Crippen LogP contribution in [0.15, 0.2) is 30.9 Å². The molecule has 0 spiro atoms. The first-order valence-electron chi connectivity index (χ1n) is 5.94. The second kappa shape index (κ2) is 5.14. The smallest absolute Gasteiger partial charge is 0.415 e. The Labute approximate surface area is 111 Å². The summed E-state index contributed by atoms with van der Waals surface area (Å²) in [6, 6.07) is 4.58. The van der Waals surface area contributed by atoms with Crippen molar-refractivity contribution in [2.75, 3.05) is 11.5 Å². The van der Waals surface area contributed by atoms with Gasteiger partial charge in [0.1, 0.15) is 12.6 Å². The van der Waals surface area contributed by atoms with Gasteiger partial charge < -0.3 is 9.84 Å². The minimum atomic E-state index is -1.04. The zero-order valence-corrected chi connectivity index (χ0v) is 10.6. The van der Waals surface area contributed by atoms with Crippen LogP contribution in [0, 0.1) is 6.92 Å². The monoisotopic (exact) mass is 261 g/mol. The van der Waals surface area contributed by atoms with Gasteiger partial charge in [-0.05, 0) is 18.6 Å². The van der Waals surface area contributed by atoms with E-state index in [0.29, 0.717) is 12.1 Å². The van der Waals surface area contributed by atoms with Crippen molar-refractivity contribution in [3.63, 3.8) is 0 Å². The fraction of sp³-hybridized carbons (Fsp3) is 0.286. The van der Waals surface area contributed by atoms with Gasteiger partial charge in [0.25, 0.3) is 0 Å². The molecule has 1 aliphatic rings. The number of hydrogen-bond donors (Lipinski definition) is 1. The summed E-state index contributed by atoms with van der Waals surface area (Å²) in [7, 11) is 0. The number of carbonyl (C=O) groups is 2. The van der Waals surface area contributed by atoms with Crippen molar-refractivity contribution >= 4 is 17.7 Å². The molecule has 1 unspecified atom stereocenters. The highest BCUT2D eigenvalue weighted by Gasteiger charge is 2.39. The van der Waals surface area contributed by atoms with Gasteiger partial charge in [-0.1, -0.05) is 30.4 Å². The predicted molar refractivity (Wildman–Crippen MR) is 70.3 cm³/mol. The number of rotatable bonds is 3. The summed E-state index contributed by atoms with van der Waals surface area (Å²) in [4.78, 5) is 24.4. The Morgan fingerprint density at radius 1 is 1.58 bits per heavy atom. The third-order valence-corrected chi connectivity index (χ3v) is 3.03. The molecule has 0 bridgehead atoms. The normalized spacial score (nSPS) is 16.9. The highest BCUT2D eigenvalue weighted by molar-refractivity contribution is 5.98. The van der Waals surface area contributed by atoms with Gasteiger partial charge in [-0.2, -0.15) is 0 Å². The van der Waals surface area contributed by atoms with Gasteiger partial charge >= 0.3 is 12.1 Å². The Balaban J connectivity index is 2.35. The number of anilines is 1. The molecule has 1 N–H and O–H groups in total. The van der Waals surface area contributed by atoms with Gasteiger partial charge in [-0.15, -0.1) is 0 Å². The molecule has 0 fully saturated rings. The number of carboxylic acids is 1. The number of benzene rings is 1. The average molecular weight is 261 g/mol. The molecule has 0 saturated heterocycles. The van der Waals surface area contributed by atoms with Crippen LogP contribution in [-0.4, -0.2) is 29.8 Å². The van der Waals surface area contributed by atoms with E-state index in [1.54, 1.807) is 6.07 Å². The molecule has 1 atom stereocenters. The zero-order chi connectivity index (χ0) is 14.0. The highest BCUT2D eigenvalue weighted by Crippen LogP contribution is 2.33. The Kier molecular flexibility index (Phi) is 3.55. The Bertz CT molecular complexity index is 538. The van der Waals surface area contributed by atoms with Crippen LogP contribution >= 0.6 is 0 Å². The number of hydrogen-bond acceptors (Lipinski definition) is 3. The van der Waals surface area contributed by atoms with E-state index in [0.717, 1.165) is 11.1 Å². The molecule has 1 aromatic carbocycles. The number of nitrogens with zero attached hydrogens (tertiary/aromatic N) is 1. The molecule has 5 nitrogen and oxygen atoms in total. The lowest BCUT2D eigenvalue weighted by Crippen LogP contribution is -2.43. The van der Waals surface area contributed by atoms with Crippen molar-refractivity contribution in [3.8, 4) is 0 Å². The second-order valence-electron chi connectivity index (χ2n) is 4.43. The first kappa shape index (κ1) is 13.1. The van der Waals surface area contributed by atoms with E-state index < -0.39 is 18.1 Å². The molecule has 0 radical (unpaired) electrons. The quantitative estimate of drug-likeness (QED) is 0.846. The van der Waals surface area contributed by atoms with Crippen molar-refractivity contribution < 1.29 is 19.4 Å². The van der Waals surface area contributed by atoms with Crippen molar-refractivity contribution in [1.29, 1.82) is 0 Å². The minimum Gasteiger partial charge on any atom is -0.480 e. The van der Waals surface area contributed by atoms with Crippen molar-refractivity contribution in [2.45, 2.75) is 19.4 Å². The van der Waals surface area contributed by atoms with E-state index in [4.69, 9.17) is 4.74 Å². The van der Waals surface area contributed by atoms with Crippen molar-refractivity contribution in [3.05, 3.63) is 42.0 Å². The topological polar surface area (TPSA) is 66.8 Å². The maximum Gasteiger partial charge on any atom is 0.415 e. The fourth-order valence-electron chi connectivity index (χ4n) is 2.20. The van der Waals surface area contributed by atoms with Crippen LogP contribution in [-0.2, 0) is 16.0 Å². The van der Waals surface area contributed by atoms with Crippen LogP contribution in [0.4, 0.5) is 10.5 Å². The number of aryl methyl sites for hydroxylation is 1. The van der Waals surface area contributed by atoms with Gasteiger partial charge in [0.2, 0.25) is 0 Å². The van der Waals surface area contributed by atoms with E-state index in [9.17, 15) is 14.7 Å². The predicted octanol–water partition coefficient (Wildman–Crippen LogP) is 2.13. The van der Waals surface area contributed by atoms with Crippen LogP contribution in [0.5, 0.6) is 0 Å². The molecule has 100 valence electrons. The summed E-state index contributed by atoms with van der Waals surface area (Å²) in [5, 5.41) is 9.23. The lowest BCUT2D eigenvalue weighted by atomic mass is 10.1. The maximum absolute atomic E-state index is 12.0. The van der Waals surface area contributed by atoms with Crippen LogP contribution in [0.25, 0.3) is 0 Å². The van der Waals surface area contributed by atoms with Gasteiger partial charge in [0, 0.05) is 6.42 Å². The third-order valence-electron chi connectivity index (χ3n) is 3.03. The molecule has 5 heteroatoms. The number of carbonyl (C=O) groups excluding carboxylic acids is 1. The molecule has 1 amide bonds. The highest BCUT2D eigenvalue weighted by atomic mass is 16.6. The summed E-state index contributed by atoms with van der Waals surface area (Å²) in [5.41, 5.74) is 2.49. The van der Waals surface area contributed by atoms with E-state index >= 15 is 0 Å². The second-order valence-corrected chi connectivity index (χ2v) is 4.43. The standard InChI is InChI=1S/C14H15NO4/c1-3-6-19-14(18)15-11-5-4-9(2)7-10(11)8-12(15)13(16)17/h3-5,7,12H,1,6,8H2,2H3,(H,16,17). The number of amides is 1. The summed E-state index contributed by atoms with van der Waals surface area (Å²) in [6.07, 6.45) is 1.09. The van der Waals surface area contributed by atoms with E-state index in [1.165, 1.54) is 11.0 Å². The van der Waals surface area contributed by atoms with Crippen molar-refractivity contribution in [2.24, 2.45) is 0 Å². The Morgan fingerprint density at radius 2 is 2.32 bits per heavy atom. The van der Waals surface area contributed by atoms with Crippen molar-refractivity contribution in [1.82, 2.24) is 0 Å². The van der Waals surface area contributed by atoms with Gasteiger partial charge in [-0.25, -0.2) is 9.59 Å². The lowest BCUT2D eigenvalue weighted by molar-refractivity contribution is -0.138. The number of fused-ring (bicyclic) bond motifs is 1. The summed E-state index contributed by atoms with van der Waals surface area (Å²) in [5.74, 6) is -1.04. The van der Waals surface area contributed by atoms with Crippen LogP contribution in [0.1, 0.15) is 11.1 Å². The number of ether oxygens (including phenoxy) is 1. The van der Waals surface area contributed by atoms with E-state index in [-0.39, 0.29) is 6.61 Å². The maximum atomic E-state index is 12.0. The molecule has 0 aliphatic carbocycles. The molecule has 1 aromatic rings. The number of carboxylic acid groups (broad SMARTS) is 1. The minimum absolute atomic E-state index is 0.0584. The SMILES string of the molecule is C=CCOC(=O)N1c2ccc(C)cc2CC1C(=O)O. The summed E-state index contributed by atoms with van der Waals surface area (Å²) >= 11 is 0. The van der Waals surface area contributed by atoms with Gasteiger partial charge in [0.15, 0.2) is 0 Å². The summed E-state index contributed by atoms with van der Waals surface area (Å²) in [6.45, 7) is 5.44. The third kappa shape index (κ3) is 2.45. The molecule has 1 heterocycles. The Morgan fingerprint density at radius 3 is 2.95 bits per heavy atom. The molecular formula is C14H15NO4. The first-order chi connectivity index (χ1) is 9.04. The van der Waals surface area contributed by atoms with E-state index in [2.05, 4.69) is 6.58 Å². The summed E-state index contributed by atoms with van der Waals surface area (Å²) < 4.78 is 4.95. The van der Waals surface area contributed by atoms with Crippen LogP contribution < -0.4 is 4.90 Å². The molecule has 19 heavy (non-hydrogen) atoms. The first-order valence-corrected chi connectivity index (χ1v) is 5.94. The molecular weight excluding hydrogens is 246 g/mol. The largest absolute Gasteiger partial charge is 0.480 e. The van der Waals surface area contributed by atoms with Crippen LogP contribution in [0.3, 0.4) is 0 Å². The average Bonchev–Trinajstić information content (AvgIpc) is 2.74. The van der Waals surface area contributed by atoms with E-state index in [1.807, 2.05) is 19.1 Å². The Hall–Kier alpha value is -2.30. The molecule has 2 rings (SSSR count). The fourth-order valence-corrected chi connectivity index (χ4v) is 2.20. The zero-order valence-electron chi connectivity index (χ0n) is 10.6. The van der Waals surface area contributed by atoms with Gasteiger partial charge in [-0.3, -0.25) is 4.90 Å².